The van der Waals surface area contributed by atoms with Crippen molar-refractivity contribution in [2.45, 2.75) is 44.6 Å². The zero-order valence-electron chi connectivity index (χ0n) is 9.04. The standard InChI is InChI=1S/C12H22N2/c1-10(14-8-2-3-9-14)11-4-6-12(13)7-5-11/h11-12H,1-9,13H2/t11-,12-. The van der Waals surface area contributed by atoms with Gasteiger partial charge in [-0.3, -0.25) is 0 Å². The van der Waals surface area contributed by atoms with Gasteiger partial charge in [0.1, 0.15) is 0 Å². The minimum atomic E-state index is 0.456. The number of likely N-dealkylation sites (tertiary alicyclic amines) is 1. The number of nitrogens with zero attached hydrogens (tertiary/aromatic N) is 1. The van der Waals surface area contributed by atoms with Crippen LogP contribution in [0, 0.1) is 5.92 Å². The molecule has 2 nitrogen and oxygen atoms in total. The molecule has 2 heteroatoms. The third-order valence-electron chi connectivity index (χ3n) is 3.76. The lowest BCUT2D eigenvalue weighted by Crippen LogP contribution is -2.31. The Balaban J connectivity index is 1.85. The molecule has 80 valence electrons. The Hall–Kier alpha value is -0.500. The van der Waals surface area contributed by atoms with Gasteiger partial charge in [0, 0.05) is 24.8 Å². The Morgan fingerprint density at radius 3 is 2.21 bits per heavy atom. The molecule has 2 aliphatic rings. The fourth-order valence-electron chi connectivity index (χ4n) is 2.71. The first kappa shape index (κ1) is 10.0. The van der Waals surface area contributed by atoms with Crippen LogP contribution in [0.4, 0.5) is 0 Å². The quantitative estimate of drug-likeness (QED) is 0.729. The van der Waals surface area contributed by atoms with E-state index in [-0.39, 0.29) is 0 Å². The molecule has 1 aliphatic heterocycles. The average molecular weight is 194 g/mol. The molecule has 0 aromatic rings. The van der Waals surface area contributed by atoms with Gasteiger partial charge in [0.15, 0.2) is 0 Å². The van der Waals surface area contributed by atoms with Gasteiger partial charge in [-0.1, -0.05) is 6.58 Å². The number of allylic oxidation sites excluding steroid dienone is 1. The minimum absolute atomic E-state index is 0.456. The van der Waals surface area contributed by atoms with Crippen molar-refractivity contribution in [3.05, 3.63) is 12.3 Å². The number of hydrogen-bond donors (Lipinski definition) is 1. The second kappa shape index (κ2) is 4.35. The number of rotatable bonds is 2. The molecule has 0 spiro atoms. The van der Waals surface area contributed by atoms with Gasteiger partial charge in [0.2, 0.25) is 0 Å². The first-order chi connectivity index (χ1) is 6.77. The first-order valence-electron chi connectivity index (χ1n) is 5.96. The monoisotopic (exact) mass is 194 g/mol. The lowest BCUT2D eigenvalue weighted by Gasteiger charge is -2.32. The SMILES string of the molecule is C=C([C@H]1CC[C@H](N)CC1)N1CCCC1. The van der Waals surface area contributed by atoms with Gasteiger partial charge in [-0.2, -0.15) is 0 Å². The lowest BCUT2D eigenvalue weighted by molar-refractivity contribution is 0.289. The summed E-state index contributed by atoms with van der Waals surface area (Å²) < 4.78 is 0. The zero-order valence-corrected chi connectivity index (χ0v) is 9.04. The van der Waals surface area contributed by atoms with E-state index in [9.17, 15) is 0 Å². The van der Waals surface area contributed by atoms with Crippen LogP contribution in [0.1, 0.15) is 38.5 Å². The fourth-order valence-corrected chi connectivity index (χ4v) is 2.71. The molecule has 0 aromatic carbocycles. The molecular formula is C12H22N2. The van der Waals surface area contributed by atoms with Gasteiger partial charge in [0.05, 0.1) is 0 Å². The van der Waals surface area contributed by atoms with E-state index in [1.807, 2.05) is 0 Å². The molecule has 2 N–H and O–H groups in total. The van der Waals surface area contributed by atoms with Crippen molar-refractivity contribution in [2.24, 2.45) is 11.7 Å². The molecular weight excluding hydrogens is 172 g/mol. The molecule has 2 rings (SSSR count). The van der Waals surface area contributed by atoms with E-state index in [0.717, 1.165) is 5.92 Å². The summed E-state index contributed by atoms with van der Waals surface area (Å²) in [7, 11) is 0. The normalized spacial score (nSPS) is 33.4. The van der Waals surface area contributed by atoms with E-state index < -0.39 is 0 Å². The summed E-state index contributed by atoms with van der Waals surface area (Å²) in [5.74, 6) is 0.730. The van der Waals surface area contributed by atoms with Gasteiger partial charge >= 0.3 is 0 Å². The maximum atomic E-state index is 5.91. The minimum Gasteiger partial charge on any atom is -0.375 e. The van der Waals surface area contributed by atoms with Crippen LogP contribution in [0.15, 0.2) is 12.3 Å². The predicted octanol–water partition coefficient (Wildman–Crippen LogP) is 2.11. The van der Waals surface area contributed by atoms with Gasteiger partial charge in [-0.25, -0.2) is 0 Å². The molecule has 0 radical (unpaired) electrons. The highest BCUT2D eigenvalue weighted by Crippen LogP contribution is 2.31. The van der Waals surface area contributed by atoms with Crippen molar-refractivity contribution < 1.29 is 0 Å². The van der Waals surface area contributed by atoms with Gasteiger partial charge in [0.25, 0.3) is 0 Å². The number of hydrogen-bond acceptors (Lipinski definition) is 2. The van der Waals surface area contributed by atoms with Gasteiger partial charge in [-0.05, 0) is 44.4 Å². The smallest absolute Gasteiger partial charge is 0.0175 e. The Kier molecular flexibility index (Phi) is 3.12. The van der Waals surface area contributed by atoms with E-state index in [4.69, 9.17) is 5.73 Å². The molecule has 1 heterocycles. The summed E-state index contributed by atoms with van der Waals surface area (Å²) in [5.41, 5.74) is 7.30. The molecule has 0 bridgehead atoms. The van der Waals surface area contributed by atoms with Crippen LogP contribution in [0.5, 0.6) is 0 Å². The maximum Gasteiger partial charge on any atom is 0.0175 e. The summed E-state index contributed by atoms with van der Waals surface area (Å²) in [5, 5.41) is 0. The van der Waals surface area contributed by atoms with Crippen molar-refractivity contribution in [1.29, 1.82) is 0 Å². The van der Waals surface area contributed by atoms with E-state index in [1.165, 1.54) is 57.3 Å². The first-order valence-corrected chi connectivity index (χ1v) is 5.96. The van der Waals surface area contributed by atoms with Crippen molar-refractivity contribution in [3.63, 3.8) is 0 Å². The molecule has 0 aromatic heterocycles. The molecule has 0 amide bonds. The summed E-state index contributed by atoms with van der Waals surface area (Å²) in [6.07, 6.45) is 7.61. The van der Waals surface area contributed by atoms with Crippen molar-refractivity contribution in [2.75, 3.05) is 13.1 Å². The average Bonchev–Trinajstić information content (AvgIpc) is 2.71. The van der Waals surface area contributed by atoms with Crippen molar-refractivity contribution in [1.82, 2.24) is 4.90 Å². The summed E-state index contributed by atoms with van der Waals surface area (Å²) in [6.45, 7) is 6.75. The molecule has 14 heavy (non-hydrogen) atoms. The number of nitrogens with two attached hydrogens (primary N) is 1. The van der Waals surface area contributed by atoms with Crippen LogP contribution in [-0.4, -0.2) is 24.0 Å². The summed E-state index contributed by atoms with van der Waals surface area (Å²) in [6, 6.07) is 0.456. The predicted molar refractivity (Wildman–Crippen MR) is 59.9 cm³/mol. The van der Waals surface area contributed by atoms with E-state index in [0.29, 0.717) is 6.04 Å². The molecule has 0 atom stereocenters. The zero-order chi connectivity index (χ0) is 9.97. The van der Waals surface area contributed by atoms with Gasteiger partial charge < -0.3 is 10.6 Å². The van der Waals surface area contributed by atoms with E-state index in [2.05, 4.69) is 11.5 Å². The third kappa shape index (κ3) is 2.11. The molecule has 1 aliphatic carbocycles. The molecule has 1 saturated carbocycles. The fraction of sp³-hybridized carbons (Fsp3) is 0.833. The van der Waals surface area contributed by atoms with E-state index in [1.54, 1.807) is 0 Å². The van der Waals surface area contributed by atoms with Crippen LogP contribution < -0.4 is 5.73 Å². The van der Waals surface area contributed by atoms with Crippen molar-refractivity contribution >= 4 is 0 Å². The lowest BCUT2D eigenvalue weighted by atomic mass is 9.84. The molecule has 0 unspecified atom stereocenters. The Morgan fingerprint density at radius 1 is 1.07 bits per heavy atom. The highest BCUT2D eigenvalue weighted by atomic mass is 15.2. The molecule has 1 saturated heterocycles. The highest BCUT2D eigenvalue weighted by molar-refractivity contribution is 5.03. The summed E-state index contributed by atoms with van der Waals surface area (Å²) in [4.78, 5) is 2.49. The highest BCUT2D eigenvalue weighted by Gasteiger charge is 2.24. The van der Waals surface area contributed by atoms with Crippen LogP contribution >= 0.6 is 0 Å². The Morgan fingerprint density at radius 2 is 1.64 bits per heavy atom. The van der Waals surface area contributed by atoms with Gasteiger partial charge in [-0.15, -0.1) is 0 Å². The maximum absolute atomic E-state index is 5.91. The Labute approximate surface area is 87.2 Å². The largest absolute Gasteiger partial charge is 0.375 e. The second-order valence-electron chi connectivity index (χ2n) is 4.80. The Bertz CT molecular complexity index is 198. The summed E-state index contributed by atoms with van der Waals surface area (Å²) >= 11 is 0. The van der Waals surface area contributed by atoms with E-state index >= 15 is 0 Å². The van der Waals surface area contributed by atoms with Crippen LogP contribution in [-0.2, 0) is 0 Å². The van der Waals surface area contributed by atoms with Crippen LogP contribution in [0.3, 0.4) is 0 Å². The third-order valence-corrected chi connectivity index (χ3v) is 3.76. The van der Waals surface area contributed by atoms with Crippen LogP contribution in [0.2, 0.25) is 0 Å². The topological polar surface area (TPSA) is 29.3 Å². The molecule has 2 fully saturated rings. The second-order valence-corrected chi connectivity index (χ2v) is 4.80. The van der Waals surface area contributed by atoms with Crippen molar-refractivity contribution in [3.8, 4) is 0 Å². The van der Waals surface area contributed by atoms with Crippen LogP contribution in [0.25, 0.3) is 0 Å².